The fraction of sp³-hybridized carbons (Fsp3) is 0.393. The molecule has 22 heteroatoms. The van der Waals surface area contributed by atoms with Gasteiger partial charge in [-0.05, 0) is 110 Å². The van der Waals surface area contributed by atoms with Crippen molar-refractivity contribution in [3.8, 4) is 23.0 Å². The maximum atomic E-state index is 14.4. The Bertz CT molecular complexity index is 3210. The number of nitrogens with one attached hydrogen (secondary N) is 3. The van der Waals surface area contributed by atoms with Gasteiger partial charge in [-0.2, -0.15) is 0 Å². The molecule has 7 amide bonds. The summed E-state index contributed by atoms with van der Waals surface area (Å²) in [5.74, 6) is -1.14. The first-order valence-electron chi connectivity index (χ1n) is 27.5. The van der Waals surface area contributed by atoms with E-state index in [0.717, 1.165) is 28.9 Å². The maximum absolute atomic E-state index is 14.4. The Balaban J connectivity index is 0.859. The molecule has 0 bridgehead atoms. The number of methoxy groups -OCH3 is 1. The zero-order valence-electron chi connectivity index (χ0n) is 47.0. The van der Waals surface area contributed by atoms with E-state index in [-0.39, 0.29) is 102 Å². The van der Waals surface area contributed by atoms with Crippen LogP contribution in [0.5, 0.6) is 23.0 Å². The van der Waals surface area contributed by atoms with Crippen LogP contribution in [0, 0.1) is 18.3 Å². The minimum absolute atomic E-state index is 0.0361. The molecule has 1 unspecified atom stereocenters. The van der Waals surface area contributed by atoms with Crippen LogP contribution in [-0.4, -0.2) is 139 Å². The summed E-state index contributed by atoms with van der Waals surface area (Å²) in [5, 5.41) is 29.9. The molecule has 2 fully saturated rings. The Kier molecular flexibility index (Phi) is 17.6. The highest BCUT2D eigenvalue weighted by atomic mass is 16.6. The van der Waals surface area contributed by atoms with Gasteiger partial charge in [0.25, 0.3) is 11.8 Å². The lowest BCUT2D eigenvalue weighted by atomic mass is 10.0. The van der Waals surface area contributed by atoms with Gasteiger partial charge in [0.05, 0.1) is 61.5 Å². The van der Waals surface area contributed by atoms with Crippen LogP contribution in [-0.2, 0) is 30.4 Å². The van der Waals surface area contributed by atoms with Crippen molar-refractivity contribution >= 4 is 64.5 Å². The number of phenolic OH excluding ortho intramolecular Hbond substituents is 1. The molecule has 83 heavy (non-hydrogen) atoms. The molecule has 5 N–H and O–H groups in total. The zero-order chi connectivity index (χ0) is 59.3. The number of aliphatic hydroxyl groups is 1. The summed E-state index contributed by atoms with van der Waals surface area (Å²) in [6.45, 7) is 14.3. The smallest absolute Gasteiger partial charge is 0.416 e. The molecule has 4 heterocycles. The van der Waals surface area contributed by atoms with E-state index < -0.39 is 60.5 Å². The van der Waals surface area contributed by atoms with Gasteiger partial charge >= 0.3 is 18.3 Å². The van der Waals surface area contributed by atoms with E-state index in [9.17, 15) is 43.8 Å². The average molecular weight is 1140 g/mol. The van der Waals surface area contributed by atoms with Crippen molar-refractivity contribution in [2.24, 2.45) is 11.3 Å². The molecule has 1 saturated heterocycles. The number of alkyl carbamates (subject to hydrolysis) is 1. The standard InChI is InChI=1S/C61H69N7O15/c1-8-21-81-58(75)64-52(35(3)4)54(71)62-37(6)53(70)63-41-15-11-38(12-16-41)33-83-60(77)68-47-29-49(36(5)25-44(47)56(73)67-34-61(19-20-61)30-48(67)57(68)74)79-23-10-24-80-51-28-46-45(27-50(51)78-7)55(72)65-31-40(39-13-17-43(69)18-14-39)26-42(65)32-66(46)59(76)82-22-9-2/h8-9,11-18,25,27-29,31,35,37,42,48,52,57,69,74H,1-2,10,19-24,26,30,32-34H2,3-7H3,(H,62,71)(H,63,70)(H,64,75)/t37-,42-,48-,52-,57?/m0/s1. The molecule has 5 aliphatic rings. The number of aryl methyl sites for hydroxylation is 1. The zero-order valence-corrected chi connectivity index (χ0v) is 47.0. The Labute approximate surface area is 480 Å². The first kappa shape index (κ1) is 58.6. The van der Waals surface area contributed by atoms with E-state index >= 15 is 0 Å². The minimum Gasteiger partial charge on any atom is -0.508 e. The number of carbonyl (C=O) groups is 7. The van der Waals surface area contributed by atoms with Crippen molar-refractivity contribution < 1.29 is 72.2 Å². The molecule has 22 nitrogen and oxygen atoms in total. The SMILES string of the molecule is C=CCOC(=O)N[C@H](C(=O)N[C@@H](C)C(=O)Nc1ccc(COC(=O)N2c3cc(OCCCOc4cc5c(cc4OC)C(=O)N4C=C(c6ccc(O)cc6)C[C@H]4CN5C(=O)OCC=C)c(C)cc3C(=O)N3CC4(CC4)C[C@H]3C2O)cc1)C(C)C. The number of ether oxygens (including phenoxy) is 6. The normalized spacial score (nSPS) is 18.9. The van der Waals surface area contributed by atoms with E-state index in [1.54, 1.807) is 104 Å². The second-order valence-corrected chi connectivity index (χ2v) is 21.7. The number of aliphatic hydroxyl groups excluding tert-OH is 1. The molecule has 4 aromatic rings. The number of fused-ring (bicyclic) bond motifs is 4. The number of hydrogen-bond acceptors (Lipinski definition) is 15. The molecule has 1 aliphatic carbocycles. The van der Waals surface area contributed by atoms with E-state index in [4.69, 9.17) is 28.4 Å². The van der Waals surface area contributed by atoms with E-state index in [0.29, 0.717) is 48.4 Å². The van der Waals surface area contributed by atoms with Crippen molar-refractivity contribution in [3.05, 3.63) is 132 Å². The number of anilines is 3. The number of nitrogens with zero attached hydrogens (tertiary/aromatic N) is 4. The van der Waals surface area contributed by atoms with Crippen molar-refractivity contribution in [2.45, 2.75) is 96.8 Å². The first-order chi connectivity index (χ1) is 39.8. The van der Waals surface area contributed by atoms with E-state index in [2.05, 4.69) is 29.1 Å². The van der Waals surface area contributed by atoms with Crippen LogP contribution in [0.15, 0.2) is 104 Å². The second-order valence-electron chi connectivity index (χ2n) is 21.7. The van der Waals surface area contributed by atoms with Gasteiger partial charge in [0, 0.05) is 37.0 Å². The number of amides is 7. The average Bonchev–Trinajstić information content (AvgIpc) is 1.95. The van der Waals surface area contributed by atoms with Crippen molar-refractivity contribution in [2.75, 3.05) is 61.7 Å². The van der Waals surface area contributed by atoms with Crippen LogP contribution in [0.2, 0.25) is 0 Å². The fourth-order valence-electron chi connectivity index (χ4n) is 10.8. The number of phenols is 1. The fourth-order valence-corrected chi connectivity index (χ4v) is 10.8. The van der Waals surface area contributed by atoms with Crippen LogP contribution >= 0.6 is 0 Å². The molecule has 9 rings (SSSR count). The van der Waals surface area contributed by atoms with Crippen LogP contribution < -0.4 is 40.0 Å². The molecule has 4 aromatic carbocycles. The number of carbonyl (C=O) groups excluding carboxylic acids is 7. The van der Waals surface area contributed by atoms with Crippen molar-refractivity contribution in [3.63, 3.8) is 0 Å². The summed E-state index contributed by atoms with van der Waals surface area (Å²) in [7, 11) is 1.44. The molecule has 5 atom stereocenters. The van der Waals surface area contributed by atoms with Gasteiger partial charge in [-0.3, -0.25) is 24.1 Å². The lowest BCUT2D eigenvalue weighted by Crippen LogP contribution is -2.53. The van der Waals surface area contributed by atoms with Gasteiger partial charge in [-0.1, -0.05) is 63.4 Å². The number of hydrogen-bond donors (Lipinski definition) is 5. The lowest BCUT2D eigenvalue weighted by Gasteiger charge is -2.31. The van der Waals surface area contributed by atoms with Crippen LogP contribution in [0.3, 0.4) is 0 Å². The summed E-state index contributed by atoms with van der Waals surface area (Å²) < 4.78 is 34.6. The van der Waals surface area contributed by atoms with Crippen molar-refractivity contribution in [1.82, 2.24) is 20.4 Å². The summed E-state index contributed by atoms with van der Waals surface area (Å²) in [6, 6.07) is 16.4. The van der Waals surface area contributed by atoms with Gasteiger partial charge < -0.3 is 64.4 Å². The Morgan fingerprint density at radius 2 is 1.47 bits per heavy atom. The lowest BCUT2D eigenvalue weighted by molar-refractivity contribution is -0.128. The molecule has 0 radical (unpaired) electrons. The number of benzene rings is 4. The van der Waals surface area contributed by atoms with E-state index in [1.165, 1.54) is 37.2 Å². The van der Waals surface area contributed by atoms with Gasteiger partial charge in [0.2, 0.25) is 11.8 Å². The highest BCUT2D eigenvalue weighted by Gasteiger charge is 2.58. The molecular weight excluding hydrogens is 1070 g/mol. The third-order valence-electron chi connectivity index (χ3n) is 15.4. The minimum atomic E-state index is -1.46. The highest BCUT2D eigenvalue weighted by molar-refractivity contribution is 6.08. The highest BCUT2D eigenvalue weighted by Crippen LogP contribution is 2.57. The Morgan fingerprint density at radius 1 is 0.795 bits per heavy atom. The first-order valence-corrected chi connectivity index (χ1v) is 27.5. The van der Waals surface area contributed by atoms with Gasteiger partial charge in [0.1, 0.15) is 43.4 Å². The van der Waals surface area contributed by atoms with Gasteiger partial charge in [0.15, 0.2) is 17.7 Å². The third kappa shape index (κ3) is 12.9. The molecule has 0 aromatic heterocycles. The largest absolute Gasteiger partial charge is 0.508 e. The summed E-state index contributed by atoms with van der Waals surface area (Å²) >= 11 is 0. The van der Waals surface area contributed by atoms with E-state index in [1.807, 2.05) is 0 Å². The summed E-state index contributed by atoms with van der Waals surface area (Å²) in [4.78, 5) is 101. The molecule has 438 valence electrons. The van der Waals surface area contributed by atoms with Crippen LogP contribution in [0.25, 0.3) is 5.57 Å². The topological polar surface area (TPSA) is 264 Å². The third-order valence-corrected chi connectivity index (χ3v) is 15.4. The second kappa shape index (κ2) is 25.0. The molecule has 1 spiro atoms. The molecule has 4 aliphatic heterocycles. The predicted octanol–water partition coefficient (Wildman–Crippen LogP) is 7.81. The van der Waals surface area contributed by atoms with Crippen molar-refractivity contribution in [1.29, 1.82) is 0 Å². The number of rotatable bonds is 20. The Morgan fingerprint density at radius 3 is 2.14 bits per heavy atom. The molecule has 1 saturated carbocycles. The summed E-state index contributed by atoms with van der Waals surface area (Å²) in [6.07, 6.45) is 3.85. The maximum Gasteiger partial charge on any atom is 0.416 e. The number of aromatic hydroxyl groups is 1. The van der Waals surface area contributed by atoms with Gasteiger partial charge in [-0.15, -0.1) is 0 Å². The quantitative estimate of drug-likeness (QED) is 0.0321. The Hall–Kier alpha value is -9.05. The van der Waals surface area contributed by atoms with Gasteiger partial charge in [-0.25, -0.2) is 19.3 Å². The molecular formula is C61H69N7O15. The predicted molar refractivity (Wildman–Crippen MR) is 305 cm³/mol. The monoisotopic (exact) mass is 1140 g/mol. The van der Waals surface area contributed by atoms with Crippen LogP contribution in [0.4, 0.5) is 31.4 Å². The summed E-state index contributed by atoms with van der Waals surface area (Å²) in [5.41, 5.74) is 3.88. The van der Waals surface area contributed by atoms with Crippen LogP contribution in [0.1, 0.15) is 90.3 Å².